The predicted molar refractivity (Wildman–Crippen MR) is 62.5 cm³/mol. The molecule has 0 unspecified atom stereocenters. The van der Waals surface area contributed by atoms with Crippen LogP contribution < -0.4 is 5.32 Å². The Hall–Kier alpha value is -0.450. The van der Waals surface area contributed by atoms with Gasteiger partial charge in [-0.1, -0.05) is 0 Å². The molecule has 0 radical (unpaired) electrons. The Morgan fingerprint density at radius 2 is 1.94 bits per heavy atom. The molecule has 0 bridgehead atoms. The van der Waals surface area contributed by atoms with Gasteiger partial charge in [-0.05, 0) is 25.9 Å². The smallest absolute Gasteiger partial charge is 0.137 e. The fraction of sp³-hybridized carbons (Fsp3) is 0.917. The number of nitrogens with zero attached hydrogens (tertiary/aromatic N) is 1. The monoisotopic (exact) mass is 226 g/mol. The van der Waals surface area contributed by atoms with E-state index in [4.69, 9.17) is 4.74 Å². The highest BCUT2D eigenvalue weighted by atomic mass is 16.5. The second-order valence-electron chi connectivity index (χ2n) is 4.69. The minimum Gasteiger partial charge on any atom is -0.379 e. The Balaban J connectivity index is 1.65. The van der Waals surface area contributed by atoms with E-state index in [1.54, 1.807) is 0 Å². The highest BCUT2D eigenvalue weighted by molar-refractivity contribution is 5.81. The van der Waals surface area contributed by atoms with Gasteiger partial charge < -0.3 is 10.1 Å². The molecule has 0 aliphatic carbocycles. The van der Waals surface area contributed by atoms with Crippen LogP contribution >= 0.6 is 0 Å². The Morgan fingerprint density at radius 3 is 2.62 bits per heavy atom. The number of carbonyl (C=O) groups is 1. The van der Waals surface area contributed by atoms with Crippen LogP contribution in [0.3, 0.4) is 0 Å². The number of hydrogen-bond donors (Lipinski definition) is 1. The molecule has 2 aliphatic rings. The molecule has 0 atom stereocenters. The number of morpholine rings is 1. The molecule has 92 valence electrons. The predicted octanol–water partition coefficient (Wildman–Crippen LogP) is 0.277. The Kier molecular flexibility index (Phi) is 4.75. The van der Waals surface area contributed by atoms with Crippen molar-refractivity contribution in [2.24, 2.45) is 5.92 Å². The number of nitrogens with one attached hydrogen (secondary N) is 1. The molecule has 4 nitrogen and oxygen atoms in total. The fourth-order valence-electron chi connectivity index (χ4n) is 2.44. The van der Waals surface area contributed by atoms with Crippen LogP contribution in [0.2, 0.25) is 0 Å². The van der Waals surface area contributed by atoms with Gasteiger partial charge in [-0.2, -0.15) is 0 Å². The minimum atomic E-state index is 0.322. The van der Waals surface area contributed by atoms with Crippen LogP contribution in [0.15, 0.2) is 0 Å². The summed E-state index contributed by atoms with van der Waals surface area (Å²) in [7, 11) is 0. The molecule has 2 fully saturated rings. The van der Waals surface area contributed by atoms with Gasteiger partial charge in [0.15, 0.2) is 0 Å². The zero-order valence-corrected chi connectivity index (χ0v) is 9.91. The van der Waals surface area contributed by atoms with Crippen LogP contribution in [0.4, 0.5) is 0 Å². The lowest BCUT2D eigenvalue weighted by Gasteiger charge is -2.27. The highest BCUT2D eigenvalue weighted by Gasteiger charge is 2.21. The average molecular weight is 226 g/mol. The van der Waals surface area contributed by atoms with Crippen molar-refractivity contribution in [3.8, 4) is 0 Å². The summed E-state index contributed by atoms with van der Waals surface area (Å²) in [5.41, 5.74) is 0. The zero-order chi connectivity index (χ0) is 11.2. The first-order valence-corrected chi connectivity index (χ1v) is 6.40. The van der Waals surface area contributed by atoms with Crippen molar-refractivity contribution in [1.82, 2.24) is 10.2 Å². The molecular formula is C12H22N2O2. The summed E-state index contributed by atoms with van der Waals surface area (Å²) in [5.74, 6) is 0.787. The molecule has 0 saturated carbocycles. The molecule has 1 N–H and O–H groups in total. The fourth-order valence-corrected chi connectivity index (χ4v) is 2.44. The van der Waals surface area contributed by atoms with Gasteiger partial charge in [0.25, 0.3) is 0 Å². The molecule has 0 aromatic heterocycles. The van der Waals surface area contributed by atoms with Crippen LogP contribution in [0.1, 0.15) is 19.3 Å². The van der Waals surface area contributed by atoms with Gasteiger partial charge in [0.05, 0.1) is 13.2 Å². The zero-order valence-electron chi connectivity index (χ0n) is 9.91. The summed E-state index contributed by atoms with van der Waals surface area (Å²) in [6.45, 7) is 6.55. The Labute approximate surface area is 97.3 Å². The number of hydrogen-bond acceptors (Lipinski definition) is 4. The number of piperidine rings is 1. The first-order chi connectivity index (χ1) is 7.86. The first-order valence-electron chi connectivity index (χ1n) is 6.40. The van der Waals surface area contributed by atoms with E-state index in [2.05, 4.69) is 10.2 Å². The van der Waals surface area contributed by atoms with Crippen molar-refractivity contribution in [2.75, 3.05) is 45.9 Å². The number of carbonyl (C=O) groups excluding carboxylic acids is 1. The van der Waals surface area contributed by atoms with E-state index in [-0.39, 0.29) is 0 Å². The van der Waals surface area contributed by atoms with Gasteiger partial charge in [0.1, 0.15) is 5.78 Å². The summed E-state index contributed by atoms with van der Waals surface area (Å²) in [6, 6.07) is 0. The van der Waals surface area contributed by atoms with E-state index < -0.39 is 0 Å². The second-order valence-corrected chi connectivity index (χ2v) is 4.69. The third kappa shape index (κ3) is 3.54. The maximum absolute atomic E-state index is 12.0. The summed E-state index contributed by atoms with van der Waals surface area (Å²) in [6.07, 6.45) is 2.79. The lowest BCUT2D eigenvalue weighted by molar-refractivity contribution is -0.124. The van der Waals surface area contributed by atoms with Crippen molar-refractivity contribution < 1.29 is 9.53 Å². The van der Waals surface area contributed by atoms with Crippen molar-refractivity contribution in [3.63, 3.8) is 0 Å². The number of ketones is 1. The summed E-state index contributed by atoms with van der Waals surface area (Å²) in [5, 5.41) is 3.30. The molecule has 2 rings (SSSR count). The van der Waals surface area contributed by atoms with Gasteiger partial charge in [-0.25, -0.2) is 0 Å². The van der Waals surface area contributed by atoms with E-state index in [0.717, 1.165) is 65.2 Å². The summed E-state index contributed by atoms with van der Waals surface area (Å²) in [4.78, 5) is 14.3. The summed E-state index contributed by atoms with van der Waals surface area (Å²) < 4.78 is 5.29. The molecule has 0 amide bonds. The number of rotatable bonds is 4. The van der Waals surface area contributed by atoms with Gasteiger partial charge in [-0.15, -0.1) is 0 Å². The normalized spacial score (nSPS) is 24.5. The number of Topliss-reactive ketones (excluding diaryl/α,β-unsaturated/α-hetero) is 1. The van der Waals surface area contributed by atoms with E-state index >= 15 is 0 Å². The van der Waals surface area contributed by atoms with Crippen LogP contribution in [-0.2, 0) is 9.53 Å². The van der Waals surface area contributed by atoms with E-state index in [1.165, 1.54) is 0 Å². The molecule has 2 saturated heterocycles. The molecule has 2 heterocycles. The standard InChI is InChI=1S/C12H22N2O2/c15-12(11-1-4-13-5-2-11)3-6-14-7-9-16-10-8-14/h11,13H,1-10H2. The van der Waals surface area contributed by atoms with Crippen LogP contribution in [0.5, 0.6) is 0 Å². The third-order valence-electron chi connectivity index (χ3n) is 3.57. The summed E-state index contributed by atoms with van der Waals surface area (Å²) >= 11 is 0. The number of ether oxygens (including phenoxy) is 1. The van der Waals surface area contributed by atoms with Gasteiger partial charge >= 0.3 is 0 Å². The van der Waals surface area contributed by atoms with Crippen molar-refractivity contribution in [2.45, 2.75) is 19.3 Å². The van der Waals surface area contributed by atoms with Gasteiger partial charge in [0.2, 0.25) is 0 Å². The molecule has 0 spiro atoms. The quantitative estimate of drug-likeness (QED) is 0.747. The molecule has 2 aliphatic heterocycles. The molecule has 0 aromatic rings. The van der Waals surface area contributed by atoms with Gasteiger partial charge in [-0.3, -0.25) is 9.69 Å². The first kappa shape index (κ1) is 12.0. The third-order valence-corrected chi connectivity index (χ3v) is 3.57. The van der Waals surface area contributed by atoms with Crippen molar-refractivity contribution in [1.29, 1.82) is 0 Å². The molecule has 16 heavy (non-hydrogen) atoms. The Bertz CT molecular complexity index is 221. The maximum Gasteiger partial charge on any atom is 0.137 e. The maximum atomic E-state index is 12.0. The van der Waals surface area contributed by atoms with E-state index in [9.17, 15) is 4.79 Å². The topological polar surface area (TPSA) is 41.6 Å². The second kappa shape index (κ2) is 6.33. The highest BCUT2D eigenvalue weighted by Crippen LogP contribution is 2.14. The minimum absolute atomic E-state index is 0.322. The van der Waals surface area contributed by atoms with Crippen molar-refractivity contribution in [3.05, 3.63) is 0 Å². The lowest BCUT2D eigenvalue weighted by Crippen LogP contribution is -2.39. The van der Waals surface area contributed by atoms with Crippen LogP contribution in [0.25, 0.3) is 0 Å². The van der Waals surface area contributed by atoms with Crippen molar-refractivity contribution >= 4 is 5.78 Å². The Morgan fingerprint density at radius 1 is 1.25 bits per heavy atom. The van der Waals surface area contributed by atoms with E-state index in [1.807, 2.05) is 0 Å². The van der Waals surface area contributed by atoms with Gasteiger partial charge in [0, 0.05) is 32.0 Å². The average Bonchev–Trinajstić information content (AvgIpc) is 2.38. The molecule has 0 aromatic carbocycles. The SMILES string of the molecule is O=C(CCN1CCOCC1)C1CCNCC1. The molecule has 4 heteroatoms. The lowest BCUT2D eigenvalue weighted by atomic mass is 9.92. The molecular weight excluding hydrogens is 204 g/mol. The van der Waals surface area contributed by atoms with E-state index in [0.29, 0.717) is 11.7 Å². The largest absolute Gasteiger partial charge is 0.379 e. The van der Waals surface area contributed by atoms with Crippen LogP contribution in [-0.4, -0.2) is 56.6 Å². The van der Waals surface area contributed by atoms with Crippen LogP contribution in [0, 0.1) is 5.92 Å².